The van der Waals surface area contributed by atoms with Gasteiger partial charge in [0.25, 0.3) is 0 Å². The highest BCUT2D eigenvalue weighted by molar-refractivity contribution is 5.72. The third-order valence-electron chi connectivity index (χ3n) is 3.53. The minimum atomic E-state index is 0.442. The molecule has 0 aliphatic rings. The van der Waals surface area contributed by atoms with E-state index in [0.717, 1.165) is 16.9 Å². The molecule has 1 aromatic carbocycles. The average molecular weight is 307 g/mol. The Kier molecular flexibility index (Phi) is 2.97. The molecule has 7 nitrogen and oxygen atoms in total. The molecule has 4 aromatic rings. The number of hydrogen-bond acceptors (Lipinski definition) is 6. The van der Waals surface area contributed by atoms with Gasteiger partial charge in [0.05, 0.1) is 13.3 Å². The first-order valence-corrected chi connectivity index (χ1v) is 6.96. The van der Waals surface area contributed by atoms with Crippen molar-refractivity contribution in [2.24, 2.45) is 0 Å². The van der Waals surface area contributed by atoms with E-state index in [9.17, 15) is 0 Å². The van der Waals surface area contributed by atoms with Crippen molar-refractivity contribution in [3.63, 3.8) is 0 Å². The molecule has 0 saturated carbocycles. The monoisotopic (exact) mass is 307 g/mol. The quantitative estimate of drug-likeness (QED) is 0.625. The van der Waals surface area contributed by atoms with Crippen molar-refractivity contribution >= 4 is 11.5 Å². The Labute approximate surface area is 131 Å². The number of nitrogen functional groups attached to an aromatic ring is 1. The Bertz CT molecular complexity index is 975. The highest BCUT2D eigenvalue weighted by Gasteiger charge is 2.13. The van der Waals surface area contributed by atoms with Crippen molar-refractivity contribution in [3.05, 3.63) is 48.7 Å². The molecule has 0 amide bonds. The number of fused-ring (bicyclic) bond motifs is 1. The fraction of sp³-hybridized carbons (Fsp3) is 0.0625. The van der Waals surface area contributed by atoms with Gasteiger partial charge in [-0.25, -0.2) is 4.98 Å². The van der Waals surface area contributed by atoms with Crippen molar-refractivity contribution in [1.82, 2.24) is 19.8 Å². The van der Waals surface area contributed by atoms with Gasteiger partial charge in [-0.15, -0.1) is 5.10 Å². The van der Waals surface area contributed by atoms with E-state index in [1.807, 2.05) is 36.4 Å². The molecule has 0 unspecified atom stereocenters. The van der Waals surface area contributed by atoms with E-state index in [4.69, 9.17) is 15.0 Å². The van der Waals surface area contributed by atoms with Crippen LogP contribution in [-0.2, 0) is 0 Å². The van der Waals surface area contributed by atoms with E-state index in [1.165, 1.54) is 0 Å². The Morgan fingerprint density at radius 3 is 2.83 bits per heavy atom. The molecular formula is C16H13N5O2. The van der Waals surface area contributed by atoms with Crippen LogP contribution in [0.25, 0.3) is 28.4 Å². The largest absolute Gasteiger partial charge is 0.497 e. The number of nitrogens with two attached hydrogens (primary N) is 1. The zero-order valence-corrected chi connectivity index (χ0v) is 12.3. The maximum absolute atomic E-state index is 6.11. The van der Waals surface area contributed by atoms with Gasteiger partial charge in [-0.2, -0.15) is 4.52 Å². The minimum absolute atomic E-state index is 0.442. The lowest BCUT2D eigenvalue weighted by Crippen LogP contribution is -1.99. The van der Waals surface area contributed by atoms with E-state index in [-0.39, 0.29) is 0 Å². The molecule has 0 atom stereocenters. The summed E-state index contributed by atoms with van der Waals surface area (Å²) in [7, 11) is 1.64. The number of benzene rings is 1. The molecule has 7 heteroatoms. The van der Waals surface area contributed by atoms with Gasteiger partial charge in [-0.1, -0.05) is 17.3 Å². The zero-order valence-electron chi connectivity index (χ0n) is 12.3. The second-order valence-corrected chi connectivity index (χ2v) is 4.98. The van der Waals surface area contributed by atoms with Crippen LogP contribution in [0.2, 0.25) is 0 Å². The summed E-state index contributed by atoms with van der Waals surface area (Å²) in [6, 6.07) is 13.2. The summed E-state index contributed by atoms with van der Waals surface area (Å²) < 4.78 is 11.9. The smallest absolute Gasteiger partial charge is 0.220 e. The Balaban J connectivity index is 1.86. The van der Waals surface area contributed by atoms with E-state index < -0.39 is 0 Å². The fourth-order valence-corrected chi connectivity index (χ4v) is 2.41. The van der Waals surface area contributed by atoms with Gasteiger partial charge in [0.15, 0.2) is 5.65 Å². The normalized spacial score (nSPS) is 11.0. The van der Waals surface area contributed by atoms with Gasteiger partial charge < -0.3 is 15.0 Å². The summed E-state index contributed by atoms with van der Waals surface area (Å²) in [5.74, 6) is 2.20. The first-order valence-electron chi connectivity index (χ1n) is 6.96. The van der Waals surface area contributed by atoms with Gasteiger partial charge in [-0.3, -0.25) is 0 Å². The summed E-state index contributed by atoms with van der Waals surface area (Å²) in [5, 5.41) is 8.01. The molecule has 0 radical (unpaired) electrons. The standard InChI is InChI=1S/C16H13N5O2/c1-22-12-4-2-3-10(7-12)11-8-14(17)21-15(9-11)19-16(20-21)13-5-6-18-23-13/h2-9H,17H2,1H3. The molecule has 23 heavy (non-hydrogen) atoms. The average Bonchev–Trinajstić information content (AvgIpc) is 3.24. The minimum Gasteiger partial charge on any atom is -0.497 e. The molecule has 0 spiro atoms. The first kappa shape index (κ1) is 13.3. The van der Waals surface area contributed by atoms with E-state index >= 15 is 0 Å². The lowest BCUT2D eigenvalue weighted by atomic mass is 10.1. The maximum atomic E-state index is 6.11. The molecule has 114 valence electrons. The number of anilines is 1. The molecule has 0 aliphatic heterocycles. The number of methoxy groups -OCH3 is 1. The van der Waals surface area contributed by atoms with E-state index in [1.54, 1.807) is 23.9 Å². The number of pyridine rings is 1. The van der Waals surface area contributed by atoms with Crippen LogP contribution in [-0.4, -0.2) is 26.9 Å². The Hall–Kier alpha value is -3.35. The highest BCUT2D eigenvalue weighted by atomic mass is 16.5. The van der Waals surface area contributed by atoms with Crippen molar-refractivity contribution in [3.8, 4) is 28.5 Å². The number of nitrogens with zero attached hydrogens (tertiary/aromatic N) is 4. The van der Waals surface area contributed by atoms with Gasteiger partial charge in [0.1, 0.15) is 11.6 Å². The van der Waals surface area contributed by atoms with Gasteiger partial charge in [0.2, 0.25) is 11.6 Å². The van der Waals surface area contributed by atoms with Crippen LogP contribution in [0, 0.1) is 0 Å². The SMILES string of the molecule is COc1cccc(-c2cc(N)n3nc(-c4ccno4)nc3c2)c1. The molecule has 2 N–H and O–H groups in total. The van der Waals surface area contributed by atoms with Crippen molar-refractivity contribution in [2.45, 2.75) is 0 Å². The van der Waals surface area contributed by atoms with Crippen molar-refractivity contribution < 1.29 is 9.26 Å². The van der Waals surface area contributed by atoms with E-state index in [0.29, 0.717) is 23.0 Å². The molecule has 0 bridgehead atoms. The van der Waals surface area contributed by atoms with Gasteiger partial charge in [0, 0.05) is 6.07 Å². The molecule has 0 aliphatic carbocycles. The second kappa shape index (κ2) is 5.13. The number of rotatable bonds is 3. The molecule has 4 rings (SSSR count). The van der Waals surface area contributed by atoms with Crippen molar-refractivity contribution in [1.29, 1.82) is 0 Å². The maximum Gasteiger partial charge on any atom is 0.220 e. The predicted molar refractivity (Wildman–Crippen MR) is 84.9 cm³/mol. The van der Waals surface area contributed by atoms with Gasteiger partial charge >= 0.3 is 0 Å². The Morgan fingerprint density at radius 2 is 2.04 bits per heavy atom. The summed E-state index contributed by atoms with van der Waals surface area (Å²) >= 11 is 0. The van der Waals surface area contributed by atoms with Crippen LogP contribution in [0.4, 0.5) is 5.82 Å². The lowest BCUT2D eigenvalue weighted by Gasteiger charge is -2.06. The molecule has 0 saturated heterocycles. The molecule has 0 fully saturated rings. The Morgan fingerprint density at radius 1 is 1.13 bits per heavy atom. The van der Waals surface area contributed by atoms with Crippen LogP contribution < -0.4 is 10.5 Å². The fourth-order valence-electron chi connectivity index (χ4n) is 2.41. The topological polar surface area (TPSA) is 91.5 Å². The number of aromatic nitrogens is 4. The predicted octanol–water partition coefficient (Wildman–Crippen LogP) is 2.64. The number of hydrogen-bond donors (Lipinski definition) is 1. The second-order valence-electron chi connectivity index (χ2n) is 4.98. The first-order chi connectivity index (χ1) is 11.2. The van der Waals surface area contributed by atoms with Crippen molar-refractivity contribution in [2.75, 3.05) is 12.8 Å². The molecule has 3 heterocycles. The lowest BCUT2D eigenvalue weighted by molar-refractivity contribution is 0.415. The third-order valence-corrected chi connectivity index (χ3v) is 3.53. The molecular weight excluding hydrogens is 294 g/mol. The van der Waals surface area contributed by atoms with Crippen LogP contribution in [0.1, 0.15) is 0 Å². The number of ether oxygens (including phenoxy) is 1. The highest BCUT2D eigenvalue weighted by Crippen LogP contribution is 2.27. The van der Waals surface area contributed by atoms with Crippen LogP contribution in [0.15, 0.2) is 53.2 Å². The van der Waals surface area contributed by atoms with Crippen LogP contribution in [0.5, 0.6) is 5.75 Å². The summed E-state index contributed by atoms with van der Waals surface area (Å²) in [4.78, 5) is 4.45. The zero-order chi connectivity index (χ0) is 15.8. The summed E-state index contributed by atoms with van der Waals surface area (Å²) in [6.45, 7) is 0. The summed E-state index contributed by atoms with van der Waals surface area (Å²) in [5.41, 5.74) is 8.67. The van der Waals surface area contributed by atoms with Gasteiger partial charge in [-0.05, 0) is 35.4 Å². The van der Waals surface area contributed by atoms with Crippen LogP contribution >= 0.6 is 0 Å². The van der Waals surface area contributed by atoms with E-state index in [2.05, 4.69) is 15.2 Å². The summed E-state index contributed by atoms with van der Waals surface area (Å²) in [6.07, 6.45) is 1.55. The third kappa shape index (κ3) is 2.28. The molecule has 3 aromatic heterocycles. The van der Waals surface area contributed by atoms with Crippen LogP contribution in [0.3, 0.4) is 0 Å².